The number of aromatic nitrogens is 1. The second kappa shape index (κ2) is 8.19. The first-order valence-electron chi connectivity index (χ1n) is 10.4. The molecule has 1 amide bonds. The van der Waals surface area contributed by atoms with Crippen molar-refractivity contribution < 1.29 is 9.18 Å². The van der Waals surface area contributed by atoms with Crippen molar-refractivity contribution in [3.05, 3.63) is 93.7 Å². The topological polar surface area (TPSA) is 33.2 Å². The van der Waals surface area contributed by atoms with Crippen LogP contribution in [0.4, 0.5) is 10.1 Å². The minimum Gasteiger partial charge on any atom is -0.305 e. The van der Waals surface area contributed by atoms with Crippen molar-refractivity contribution >= 4 is 45.7 Å². The number of nitrogens with zero attached hydrogens (tertiary/aromatic N) is 2. The summed E-state index contributed by atoms with van der Waals surface area (Å²) in [6.45, 7) is 2.02. The summed E-state index contributed by atoms with van der Waals surface area (Å²) >= 11 is 12.3. The van der Waals surface area contributed by atoms with E-state index in [1.54, 1.807) is 29.2 Å². The molecule has 1 atom stereocenters. The molecule has 32 heavy (non-hydrogen) atoms. The van der Waals surface area contributed by atoms with Gasteiger partial charge in [0.1, 0.15) is 5.82 Å². The molecule has 3 nitrogen and oxygen atoms in total. The van der Waals surface area contributed by atoms with Gasteiger partial charge in [0, 0.05) is 22.7 Å². The fourth-order valence-electron chi connectivity index (χ4n) is 4.32. The van der Waals surface area contributed by atoms with Crippen LogP contribution in [0.3, 0.4) is 0 Å². The Morgan fingerprint density at radius 2 is 1.84 bits per heavy atom. The minimum atomic E-state index is -0.290. The highest BCUT2D eigenvalue weighted by atomic mass is 35.5. The van der Waals surface area contributed by atoms with Crippen LogP contribution in [-0.4, -0.2) is 16.9 Å². The van der Waals surface area contributed by atoms with E-state index in [4.69, 9.17) is 28.2 Å². The number of halogens is 3. The number of pyridine rings is 1. The number of fused-ring (bicyclic) bond motifs is 2. The van der Waals surface area contributed by atoms with Crippen LogP contribution in [0.25, 0.3) is 22.2 Å². The predicted molar refractivity (Wildman–Crippen MR) is 128 cm³/mol. The summed E-state index contributed by atoms with van der Waals surface area (Å²) in [4.78, 5) is 20.5. The molecule has 0 radical (unpaired) electrons. The monoisotopic (exact) mass is 464 g/mol. The van der Waals surface area contributed by atoms with Crippen molar-refractivity contribution in [2.45, 2.75) is 25.8 Å². The number of carbonyl (C=O) groups is 1. The Kier molecular flexibility index (Phi) is 5.36. The highest BCUT2D eigenvalue weighted by Crippen LogP contribution is 2.35. The highest BCUT2D eigenvalue weighted by molar-refractivity contribution is 6.42. The third-order valence-electron chi connectivity index (χ3n) is 5.95. The largest absolute Gasteiger partial charge is 0.305 e. The number of anilines is 1. The fraction of sp³-hybridized carbons (Fsp3) is 0.154. The molecule has 0 fully saturated rings. The quantitative estimate of drug-likeness (QED) is 0.311. The number of amides is 1. The Balaban J connectivity index is 1.68. The zero-order valence-electron chi connectivity index (χ0n) is 17.3. The van der Waals surface area contributed by atoms with Gasteiger partial charge >= 0.3 is 0 Å². The molecule has 6 heteroatoms. The van der Waals surface area contributed by atoms with Crippen LogP contribution in [0.1, 0.15) is 29.3 Å². The minimum absolute atomic E-state index is 0.0131. The molecule has 2 heterocycles. The lowest BCUT2D eigenvalue weighted by Crippen LogP contribution is -2.42. The van der Waals surface area contributed by atoms with Crippen LogP contribution in [0.5, 0.6) is 0 Å². The van der Waals surface area contributed by atoms with Gasteiger partial charge in [-0.05, 0) is 67.8 Å². The molecule has 1 aliphatic heterocycles. The molecule has 0 aliphatic carbocycles. The summed E-state index contributed by atoms with van der Waals surface area (Å²) in [5.74, 6) is -0.424. The van der Waals surface area contributed by atoms with E-state index in [0.717, 1.165) is 35.0 Å². The molecule has 0 bridgehead atoms. The van der Waals surface area contributed by atoms with Crippen molar-refractivity contribution in [3.8, 4) is 11.3 Å². The molecule has 3 aromatic carbocycles. The van der Waals surface area contributed by atoms with Gasteiger partial charge in [-0.25, -0.2) is 9.37 Å². The molecule has 0 saturated heterocycles. The molecule has 4 aromatic rings. The molecular formula is C26H19Cl2FN2O. The first-order chi connectivity index (χ1) is 15.4. The van der Waals surface area contributed by atoms with E-state index >= 15 is 0 Å². The van der Waals surface area contributed by atoms with Crippen LogP contribution >= 0.6 is 23.2 Å². The Bertz CT molecular complexity index is 1370. The molecule has 1 aromatic heterocycles. The zero-order valence-corrected chi connectivity index (χ0v) is 18.8. The lowest BCUT2D eigenvalue weighted by molar-refractivity contribution is 0.0976. The number of aryl methyl sites for hydroxylation is 1. The summed E-state index contributed by atoms with van der Waals surface area (Å²) < 4.78 is 13.8. The van der Waals surface area contributed by atoms with Gasteiger partial charge in [-0.15, -0.1) is 0 Å². The van der Waals surface area contributed by atoms with Crippen LogP contribution in [0.15, 0.2) is 66.7 Å². The van der Waals surface area contributed by atoms with Crippen LogP contribution in [-0.2, 0) is 6.42 Å². The van der Waals surface area contributed by atoms with E-state index in [2.05, 4.69) is 0 Å². The molecule has 0 spiro atoms. The van der Waals surface area contributed by atoms with E-state index in [0.29, 0.717) is 26.8 Å². The third-order valence-corrected chi connectivity index (χ3v) is 6.69. The maximum Gasteiger partial charge on any atom is 0.259 e. The first kappa shape index (κ1) is 20.9. The van der Waals surface area contributed by atoms with Gasteiger partial charge in [0.2, 0.25) is 0 Å². The highest BCUT2D eigenvalue weighted by Gasteiger charge is 2.30. The van der Waals surface area contributed by atoms with Crippen molar-refractivity contribution in [3.63, 3.8) is 0 Å². The van der Waals surface area contributed by atoms with Gasteiger partial charge in [-0.1, -0.05) is 47.5 Å². The zero-order chi connectivity index (χ0) is 22.4. The molecule has 5 rings (SSSR count). The molecule has 0 saturated carbocycles. The molecule has 1 unspecified atom stereocenters. The maximum atomic E-state index is 13.9. The number of benzene rings is 3. The summed E-state index contributed by atoms with van der Waals surface area (Å²) in [5.41, 5.74) is 4.26. The molecule has 0 N–H and O–H groups in total. The normalized spacial score (nSPS) is 15.6. The van der Waals surface area contributed by atoms with Crippen molar-refractivity contribution in [2.24, 2.45) is 0 Å². The fourth-order valence-corrected chi connectivity index (χ4v) is 4.61. The number of carbonyl (C=O) groups excluding carboxylic acids is 1. The second-order valence-corrected chi connectivity index (χ2v) is 8.85. The van der Waals surface area contributed by atoms with Gasteiger partial charge in [-0.2, -0.15) is 0 Å². The van der Waals surface area contributed by atoms with Crippen molar-refractivity contribution in [1.29, 1.82) is 0 Å². The number of rotatable bonds is 2. The summed E-state index contributed by atoms with van der Waals surface area (Å²) in [5, 5.41) is 1.65. The number of para-hydroxylation sites is 1. The summed E-state index contributed by atoms with van der Waals surface area (Å²) in [7, 11) is 0. The van der Waals surface area contributed by atoms with E-state index in [1.807, 2.05) is 37.3 Å². The average Bonchev–Trinajstić information content (AvgIpc) is 2.80. The SMILES string of the molecule is CC1CCc2cc(F)ccc2N1C(=O)c1cc(-c2ccc(Cl)c(Cl)c2)nc2ccccc12. The van der Waals surface area contributed by atoms with Crippen LogP contribution in [0.2, 0.25) is 10.0 Å². The van der Waals surface area contributed by atoms with E-state index in [-0.39, 0.29) is 17.8 Å². The van der Waals surface area contributed by atoms with Crippen LogP contribution < -0.4 is 4.90 Å². The lowest BCUT2D eigenvalue weighted by atomic mass is 9.94. The Hall–Kier alpha value is -2.95. The standard InChI is InChI=1S/C26H19Cl2FN2O/c1-15-6-7-17-12-18(29)9-11-25(17)31(15)26(32)20-14-24(16-8-10-21(27)22(28)13-16)30-23-5-3-2-4-19(20)23/h2-5,8-15H,6-7H2,1H3. The number of hydrogen-bond donors (Lipinski definition) is 0. The number of hydrogen-bond acceptors (Lipinski definition) is 2. The van der Waals surface area contributed by atoms with Crippen molar-refractivity contribution in [2.75, 3.05) is 4.90 Å². The Morgan fingerprint density at radius 3 is 2.66 bits per heavy atom. The van der Waals surface area contributed by atoms with E-state index in [9.17, 15) is 9.18 Å². The maximum absolute atomic E-state index is 13.9. The van der Waals surface area contributed by atoms with Crippen LogP contribution in [0, 0.1) is 5.82 Å². The van der Waals surface area contributed by atoms with E-state index in [1.165, 1.54) is 12.1 Å². The summed E-state index contributed by atoms with van der Waals surface area (Å²) in [6.07, 6.45) is 1.51. The lowest BCUT2D eigenvalue weighted by Gasteiger charge is -2.35. The van der Waals surface area contributed by atoms with Crippen molar-refractivity contribution in [1.82, 2.24) is 4.98 Å². The Labute approximate surface area is 195 Å². The average molecular weight is 465 g/mol. The van der Waals surface area contributed by atoms with Gasteiger partial charge in [-0.3, -0.25) is 4.79 Å². The molecule has 1 aliphatic rings. The predicted octanol–water partition coefficient (Wildman–Crippen LogP) is 7.33. The second-order valence-electron chi connectivity index (χ2n) is 8.04. The van der Waals surface area contributed by atoms with Gasteiger partial charge < -0.3 is 4.90 Å². The first-order valence-corrected chi connectivity index (χ1v) is 11.1. The Morgan fingerprint density at radius 1 is 1.03 bits per heavy atom. The van der Waals surface area contributed by atoms with Gasteiger partial charge in [0.15, 0.2) is 0 Å². The third kappa shape index (κ3) is 3.64. The van der Waals surface area contributed by atoms with Gasteiger partial charge in [0.25, 0.3) is 5.91 Å². The molecule has 160 valence electrons. The molecular weight excluding hydrogens is 446 g/mol. The van der Waals surface area contributed by atoms with E-state index < -0.39 is 0 Å². The smallest absolute Gasteiger partial charge is 0.259 e. The summed E-state index contributed by atoms with van der Waals surface area (Å²) in [6, 6.07) is 19.3. The van der Waals surface area contributed by atoms with Gasteiger partial charge in [0.05, 0.1) is 26.8 Å².